The molecule has 1 atom stereocenters. The third kappa shape index (κ3) is 1.31. The number of benzene rings is 1. The van der Waals surface area contributed by atoms with Gasteiger partial charge in [0.05, 0.1) is 15.2 Å². The van der Waals surface area contributed by atoms with Crippen molar-refractivity contribution in [2.45, 2.75) is 5.03 Å². The van der Waals surface area contributed by atoms with Crippen molar-refractivity contribution in [3.63, 3.8) is 0 Å². The molecule has 1 aromatic heterocycles. The smallest absolute Gasteiger partial charge is 0.138 e. The molecule has 1 aromatic carbocycles. The van der Waals surface area contributed by atoms with Gasteiger partial charge in [-0.05, 0) is 12.1 Å². The Morgan fingerprint density at radius 2 is 2.15 bits per heavy atom. The maximum Gasteiger partial charge on any atom is 0.138 e. The summed E-state index contributed by atoms with van der Waals surface area (Å²) in [5, 5.41) is 7.78. The summed E-state index contributed by atoms with van der Waals surface area (Å²) < 4.78 is 18.9. The van der Waals surface area contributed by atoms with Crippen LogP contribution in [0.25, 0.3) is 10.9 Å². The van der Waals surface area contributed by atoms with Gasteiger partial charge in [-0.25, -0.2) is 8.99 Å². The number of nitrogens with one attached hydrogen (secondary N) is 2. The van der Waals surface area contributed by atoms with Crippen LogP contribution in [0, 0.1) is 4.78 Å². The van der Waals surface area contributed by atoms with Gasteiger partial charge in [0.2, 0.25) is 0 Å². The first-order valence-electron chi connectivity index (χ1n) is 3.76. The van der Waals surface area contributed by atoms with Crippen molar-refractivity contribution in [1.82, 2.24) is 10.2 Å². The Kier molecular flexibility index (Phi) is 1.63. The minimum atomic E-state index is -2.70. The molecule has 0 aliphatic rings. The minimum Gasteiger partial charge on any atom is -0.268 e. The maximum atomic E-state index is 11.5. The van der Waals surface area contributed by atoms with E-state index < -0.39 is 9.73 Å². The lowest BCUT2D eigenvalue weighted by atomic mass is 10.3. The Hall–Kier alpha value is -1.36. The van der Waals surface area contributed by atoms with Gasteiger partial charge in [-0.1, -0.05) is 12.1 Å². The second-order valence-electron chi connectivity index (χ2n) is 2.91. The molecular weight excluding hydrogens is 186 g/mol. The van der Waals surface area contributed by atoms with Crippen molar-refractivity contribution in [3.05, 3.63) is 24.3 Å². The van der Waals surface area contributed by atoms with Gasteiger partial charge < -0.3 is 0 Å². The molecule has 2 aromatic rings. The van der Waals surface area contributed by atoms with Crippen molar-refractivity contribution in [2.24, 2.45) is 0 Å². The molecule has 0 fully saturated rings. The molecule has 5 heteroatoms. The highest BCUT2D eigenvalue weighted by Crippen LogP contribution is 2.19. The van der Waals surface area contributed by atoms with Crippen LogP contribution in [0.1, 0.15) is 0 Å². The van der Waals surface area contributed by atoms with Gasteiger partial charge >= 0.3 is 0 Å². The molecule has 2 N–H and O–H groups in total. The molecule has 1 unspecified atom stereocenters. The van der Waals surface area contributed by atoms with Crippen molar-refractivity contribution in [2.75, 3.05) is 6.26 Å². The van der Waals surface area contributed by atoms with Crippen LogP contribution in [0.5, 0.6) is 0 Å². The van der Waals surface area contributed by atoms with Crippen molar-refractivity contribution in [1.29, 1.82) is 4.78 Å². The van der Waals surface area contributed by atoms with Gasteiger partial charge in [-0.15, -0.1) is 0 Å². The molecule has 0 saturated heterocycles. The monoisotopic (exact) mass is 195 g/mol. The molecule has 4 nitrogen and oxygen atoms in total. The lowest BCUT2D eigenvalue weighted by Gasteiger charge is -1.95. The highest BCUT2D eigenvalue weighted by atomic mass is 32.2. The van der Waals surface area contributed by atoms with Crippen molar-refractivity contribution >= 4 is 20.6 Å². The molecule has 0 bridgehead atoms. The summed E-state index contributed by atoms with van der Waals surface area (Å²) in [6.45, 7) is 0. The van der Waals surface area contributed by atoms with Crippen LogP contribution in [0.15, 0.2) is 29.3 Å². The number of aromatic nitrogens is 2. The zero-order valence-electron chi connectivity index (χ0n) is 7.07. The fraction of sp³-hybridized carbons (Fsp3) is 0.125. The third-order valence-corrected chi connectivity index (χ3v) is 2.91. The van der Waals surface area contributed by atoms with E-state index in [9.17, 15) is 4.21 Å². The van der Waals surface area contributed by atoms with Crippen LogP contribution < -0.4 is 0 Å². The average Bonchev–Trinajstić information content (AvgIpc) is 2.45. The summed E-state index contributed by atoms with van der Waals surface area (Å²) in [6.07, 6.45) is 1.38. The Morgan fingerprint density at radius 3 is 2.85 bits per heavy atom. The van der Waals surface area contributed by atoms with E-state index in [1.165, 1.54) is 6.26 Å². The summed E-state index contributed by atoms with van der Waals surface area (Å²) in [6, 6.07) is 7.33. The summed E-state index contributed by atoms with van der Waals surface area (Å²) in [4.78, 5) is 0. The molecule has 0 amide bonds. The van der Waals surface area contributed by atoms with Crippen LogP contribution in [0.2, 0.25) is 0 Å². The Labute approximate surface area is 75.9 Å². The largest absolute Gasteiger partial charge is 0.268 e. The summed E-state index contributed by atoms with van der Waals surface area (Å²) in [5.41, 5.74) is 0.749. The van der Waals surface area contributed by atoms with E-state index in [0.29, 0.717) is 5.03 Å². The average molecular weight is 195 g/mol. The quantitative estimate of drug-likeness (QED) is 0.725. The first kappa shape index (κ1) is 8.25. The normalized spacial score (nSPS) is 15.8. The van der Waals surface area contributed by atoms with E-state index in [-0.39, 0.29) is 0 Å². The number of aromatic amines is 1. The SMILES string of the molecule is CS(=N)(=O)c1[nH]nc2ccccc12. The van der Waals surface area contributed by atoms with Crippen LogP contribution in [-0.4, -0.2) is 20.7 Å². The van der Waals surface area contributed by atoms with E-state index in [2.05, 4.69) is 10.2 Å². The van der Waals surface area contributed by atoms with E-state index in [4.69, 9.17) is 4.78 Å². The summed E-state index contributed by atoms with van der Waals surface area (Å²) in [5.74, 6) is 0. The highest BCUT2D eigenvalue weighted by Gasteiger charge is 2.10. The zero-order chi connectivity index (χ0) is 9.47. The number of rotatable bonds is 1. The third-order valence-electron chi connectivity index (χ3n) is 1.82. The zero-order valence-corrected chi connectivity index (χ0v) is 7.89. The standard InChI is InChI=1S/C8H9N3OS/c1-13(9,12)8-6-4-2-3-5-7(6)10-11-8/h2-5,9H,1H3,(H,10,11). The predicted molar refractivity (Wildman–Crippen MR) is 51.1 cm³/mol. The maximum absolute atomic E-state index is 11.5. The number of nitrogens with zero attached hydrogens (tertiary/aromatic N) is 1. The van der Waals surface area contributed by atoms with E-state index in [1.54, 1.807) is 0 Å². The lowest BCUT2D eigenvalue weighted by molar-refractivity contribution is 0.676. The van der Waals surface area contributed by atoms with Gasteiger partial charge in [0.1, 0.15) is 5.03 Å². The Balaban J connectivity index is 2.87. The molecule has 68 valence electrons. The lowest BCUT2D eigenvalue weighted by Crippen LogP contribution is -1.95. The van der Waals surface area contributed by atoms with Gasteiger partial charge in [0.15, 0.2) is 0 Å². The van der Waals surface area contributed by atoms with Gasteiger partial charge in [-0.2, -0.15) is 5.10 Å². The van der Waals surface area contributed by atoms with Crippen LogP contribution in [0.3, 0.4) is 0 Å². The molecular formula is C8H9N3OS. The van der Waals surface area contributed by atoms with E-state index >= 15 is 0 Å². The first-order chi connectivity index (χ1) is 6.09. The molecule has 13 heavy (non-hydrogen) atoms. The predicted octanol–water partition coefficient (Wildman–Crippen LogP) is 1.60. The first-order valence-corrected chi connectivity index (χ1v) is 5.72. The second kappa shape index (κ2) is 2.56. The summed E-state index contributed by atoms with van der Waals surface area (Å²) in [7, 11) is -2.70. The molecule has 0 aliphatic carbocycles. The number of fused-ring (bicyclic) bond motifs is 1. The van der Waals surface area contributed by atoms with Crippen LogP contribution >= 0.6 is 0 Å². The fourth-order valence-corrected chi connectivity index (χ4v) is 2.04. The van der Waals surface area contributed by atoms with E-state index in [1.807, 2.05) is 24.3 Å². The molecule has 0 spiro atoms. The minimum absolute atomic E-state index is 0.406. The number of hydrogen-bond donors (Lipinski definition) is 2. The molecule has 0 aliphatic heterocycles. The molecule has 2 rings (SSSR count). The molecule has 0 radical (unpaired) electrons. The van der Waals surface area contributed by atoms with Gasteiger partial charge in [-0.3, -0.25) is 5.10 Å². The molecule has 0 saturated carbocycles. The van der Waals surface area contributed by atoms with Gasteiger partial charge in [0, 0.05) is 11.6 Å². The number of H-pyrrole nitrogens is 1. The fourth-order valence-electron chi connectivity index (χ4n) is 1.23. The van der Waals surface area contributed by atoms with Gasteiger partial charge in [0.25, 0.3) is 0 Å². The van der Waals surface area contributed by atoms with Crippen LogP contribution in [0.4, 0.5) is 0 Å². The number of hydrogen-bond acceptors (Lipinski definition) is 3. The second-order valence-corrected chi connectivity index (χ2v) is 5.01. The Morgan fingerprint density at radius 1 is 1.46 bits per heavy atom. The number of para-hydroxylation sites is 1. The molecule has 1 heterocycles. The topological polar surface area (TPSA) is 69.6 Å². The summed E-state index contributed by atoms with van der Waals surface area (Å²) >= 11 is 0. The Bertz CT molecular complexity index is 541. The van der Waals surface area contributed by atoms with E-state index in [0.717, 1.165) is 10.9 Å². The highest BCUT2D eigenvalue weighted by molar-refractivity contribution is 7.91. The van der Waals surface area contributed by atoms with Crippen LogP contribution in [-0.2, 0) is 9.73 Å². The van der Waals surface area contributed by atoms with Crippen molar-refractivity contribution < 1.29 is 4.21 Å². The van der Waals surface area contributed by atoms with Crippen molar-refractivity contribution in [3.8, 4) is 0 Å².